The highest BCUT2D eigenvalue weighted by Crippen LogP contribution is 2.37. The fourth-order valence-corrected chi connectivity index (χ4v) is 3.16. The second-order valence-corrected chi connectivity index (χ2v) is 5.88. The Morgan fingerprint density at radius 1 is 1.32 bits per heavy atom. The fraction of sp³-hybridized carbons (Fsp3) is 0.588. The first-order valence-corrected chi connectivity index (χ1v) is 8.18. The average molecular weight is 304 g/mol. The number of nitrogens with one attached hydrogen (secondary N) is 1. The number of carbonyl (C=O) groups is 1. The molecule has 0 saturated carbocycles. The van der Waals surface area contributed by atoms with Gasteiger partial charge in [-0.3, -0.25) is 9.69 Å². The van der Waals surface area contributed by atoms with Crippen LogP contribution in [0, 0.1) is 0 Å². The number of ether oxygens (including phenoxy) is 2. The molecule has 1 atom stereocenters. The first-order valence-electron chi connectivity index (χ1n) is 8.18. The molecular weight excluding hydrogens is 280 g/mol. The summed E-state index contributed by atoms with van der Waals surface area (Å²) in [6.45, 7) is 5.47. The molecule has 0 radical (unpaired) electrons. The Balaban J connectivity index is 1.68. The fourth-order valence-electron chi connectivity index (χ4n) is 3.16. The van der Waals surface area contributed by atoms with E-state index in [2.05, 4.69) is 29.3 Å². The highest BCUT2D eigenvalue weighted by atomic mass is 16.6. The first kappa shape index (κ1) is 15.2. The van der Waals surface area contributed by atoms with Crippen molar-refractivity contribution in [3.8, 4) is 11.5 Å². The van der Waals surface area contributed by atoms with E-state index in [0.717, 1.165) is 43.9 Å². The van der Waals surface area contributed by atoms with Crippen LogP contribution in [-0.2, 0) is 4.79 Å². The smallest absolute Gasteiger partial charge is 0.234 e. The molecule has 1 aromatic rings. The SMILES string of the molecule is CCCNC(=O)CN1CCCC1c1ccc2c(c1)OCCO2. The lowest BCUT2D eigenvalue weighted by Gasteiger charge is -2.26. The molecule has 0 spiro atoms. The molecule has 1 N–H and O–H groups in total. The number of carbonyl (C=O) groups excluding carboxylic acids is 1. The van der Waals surface area contributed by atoms with Gasteiger partial charge in [-0.25, -0.2) is 0 Å². The predicted molar refractivity (Wildman–Crippen MR) is 84.3 cm³/mol. The third kappa shape index (κ3) is 3.35. The second-order valence-electron chi connectivity index (χ2n) is 5.88. The summed E-state index contributed by atoms with van der Waals surface area (Å²) in [6, 6.07) is 6.45. The van der Waals surface area contributed by atoms with Crippen molar-refractivity contribution >= 4 is 5.91 Å². The Hall–Kier alpha value is -1.75. The molecule has 5 nitrogen and oxygen atoms in total. The molecule has 3 rings (SSSR count). The largest absolute Gasteiger partial charge is 0.486 e. The number of likely N-dealkylation sites (tertiary alicyclic amines) is 1. The molecule has 0 aliphatic carbocycles. The highest BCUT2D eigenvalue weighted by Gasteiger charge is 2.28. The third-order valence-corrected chi connectivity index (χ3v) is 4.23. The molecule has 1 fully saturated rings. The highest BCUT2D eigenvalue weighted by molar-refractivity contribution is 5.78. The number of amides is 1. The maximum atomic E-state index is 12.0. The lowest BCUT2D eigenvalue weighted by Crippen LogP contribution is -2.37. The molecule has 0 bridgehead atoms. The molecule has 2 aliphatic rings. The van der Waals surface area contributed by atoms with Crippen LogP contribution in [0.15, 0.2) is 18.2 Å². The van der Waals surface area contributed by atoms with Crippen LogP contribution in [0.5, 0.6) is 11.5 Å². The molecule has 2 heterocycles. The topological polar surface area (TPSA) is 50.8 Å². The summed E-state index contributed by atoms with van der Waals surface area (Å²) >= 11 is 0. The minimum Gasteiger partial charge on any atom is -0.486 e. The van der Waals surface area contributed by atoms with Gasteiger partial charge in [0.1, 0.15) is 13.2 Å². The number of nitrogens with zero attached hydrogens (tertiary/aromatic N) is 1. The number of hydrogen-bond acceptors (Lipinski definition) is 4. The molecule has 22 heavy (non-hydrogen) atoms. The van der Waals surface area contributed by atoms with E-state index in [1.165, 1.54) is 5.56 Å². The van der Waals surface area contributed by atoms with Crippen LogP contribution >= 0.6 is 0 Å². The van der Waals surface area contributed by atoms with E-state index < -0.39 is 0 Å². The summed E-state index contributed by atoms with van der Waals surface area (Å²) in [7, 11) is 0. The molecule has 5 heteroatoms. The molecule has 120 valence electrons. The molecule has 1 aromatic carbocycles. The van der Waals surface area contributed by atoms with Gasteiger partial charge in [-0.15, -0.1) is 0 Å². The summed E-state index contributed by atoms with van der Waals surface area (Å²) in [5, 5.41) is 2.96. The van der Waals surface area contributed by atoms with E-state index in [-0.39, 0.29) is 5.91 Å². The Labute approximate surface area is 131 Å². The molecule has 1 amide bonds. The van der Waals surface area contributed by atoms with E-state index in [0.29, 0.717) is 25.8 Å². The average Bonchev–Trinajstić information content (AvgIpc) is 3.00. The van der Waals surface area contributed by atoms with Crippen molar-refractivity contribution in [2.45, 2.75) is 32.2 Å². The molecule has 0 aromatic heterocycles. The van der Waals surface area contributed by atoms with Gasteiger partial charge in [0.05, 0.1) is 6.54 Å². The van der Waals surface area contributed by atoms with Gasteiger partial charge in [-0.1, -0.05) is 13.0 Å². The summed E-state index contributed by atoms with van der Waals surface area (Å²) in [4.78, 5) is 14.2. The first-order chi connectivity index (χ1) is 10.8. The van der Waals surface area contributed by atoms with Crippen LogP contribution in [0.3, 0.4) is 0 Å². The van der Waals surface area contributed by atoms with Crippen molar-refractivity contribution < 1.29 is 14.3 Å². The minimum absolute atomic E-state index is 0.117. The normalized spacial score (nSPS) is 20.9. The van der Waals surface area contributed by atoms with Crippen molar-refractivity contribution in [2.75, 3.05) is 32.8 Å². The summed E-state index contributed by atoms with van der Waals surface area (Å²) in [6.07, 6.45) is 3.18. The van der Waals surface area contributed by atoms with Crippen LogP contribution in [0.2, 0.25) is 0 Å². The number of benzene rings is 1. The Bertz CT molecular complexity index is 533. The summed E-state index contributed by atoms with van der Waals surface area (Å²) < 4.78 is 11.2. The standard InChI is InChI=1S/C17H24N2O3/c1-2-7-18-17(20)12-19-8-3-4-14(19)13-5-6-15-16(11-13)22-10-9-21-15/h5-6,11,14H,2-4,7-10,12H2,1H3,(H,18,20). The van der Waals surface area contributed by atoms with Crippen LogP contribution in [-0.4, -0.2) is 43.7 Å². The zero-order valence-electron chi connectivity index (χ0n) is 13.1. The van der Waals surface area contributed by atoms with Crippen molar-refractivity contribution in [1.29, 1.82) is 0 Å². The number of rotatable bonds is 5. The monoisotopic (exact) mass is 304 g/mol. The predicted octanol–water partition coefficient (Wildman–Crippen LogP) is 2.12. The zero-order chi connectivity index (χ0) is 15.4. The Morgan fingerprint density at radius 3 is 2.95 bits per heavy atom. The van der Waals surface area contributed by atoms with Gasteiger partial charge in [0, 0.05) is 12.6 Å². The summed E-state index contributed by atoms with van der Waals surface area (Å²) in [5.74, 6) is 1.76. The van der Waals surface area contributed by atoms with Crippen LogP contribution in [0.25, 0.3) is 0 Å². The molecule has 2 aliphatic heterocycles. The van der Waals surface area contributed by atoms with Crippen molar-refractivity contribution in [3.05, 3.63) is 23.8 Å². The van der Waals surface area contributed by atoms with E-state index >= 15 is 0 Å². The zero-order valence-corrected chi connectivity index (χ0v) is 13.1. The van der Waals surface area contributed by atoms with Gasteiger partial charge in [0.2, 0.25) is 5.91 Å². The van der Waals surface area contributed by atoms with Crippen molar-refractivity contribution in [2.24, 2.45) is 0 Å². The third-order valence-electron chi connectivity index (χ3n) is 4.23. The van der Waals surface area contributed by atoms with Crippen molar-refractivity contribution in [1.82, 2.24) is 10.2 Å². The van der Waals surface area contributed by atoms with E-state index in [9.17, 15) is 4.79 Å². The van der Waals surface area contributed by atoms with E-state index in [1.807, 2.05) is 6.07 Å². The molecule has 1 saturated heterocycles. The number of hydrogen-bond donors (Lipinski definition) is 1. The van der Waals surface area contributed by atoms with Crippen LogP contribution in [0.1, 0.15) is 37.8 Å². The minimum atomic E-state index is 0.117. The molecular formula is C17H24N2O3. The molecule has 1 unspecified atom stereocenters. The summed E-state index contributed by atoms with van der Waals surface area (Å²) in [5.41, 5.74) is 1.21. The maximum Gasteiger partial charge on any atom is 0.234 e. The lowest BCUT2D eigenvalue weighted by atomic mass is 10.0. The van der Waals surface area contributed by atoms with Gasteiger partial charge in [0.15, 0.2) is 11.5 Å². The second kappa shape index (κ2) is 7.01. The lowest BCUT2D eigenvalue weighted by molar-refractivity contribution is -0.122. The van der Waals surface area contributed by atoms with Gasteiger partial charge >= 0.3 is 0 Å². The number of fused-ring (bicyclic) bond motifs is 1. The Kier molecular flexibility index (Phi) is 4.83. The van der Waals surface area contributed by atoms with Gasteiger partial charge in [0.25, 0.3) is 0 Å². The van der Waals surface area contributed by atoms with Crippen molar-refractivity contribution in [3.63, 3.8) is 0 Å². The Morgan fingerprint density at radius 2 is 2.14 bits per heavy atom. The maximum absolute atomic E-state index is 12.0. The van der Waals surface area contributed by atoms with E-state index in [1.54, 1.807) is 0 Å². The van der Waals surface area contributed by atoms with Crippen LogP contribution < -0.4 is 14.8 Å². The van der Waals surface area contributed by atoms with Gasteiger partial charge in [-0.05, 0) is 43.5 Å². The van der Waals surface area contributed by atoms with Gasteiger partial charge in [-0.2, -0.15) is 0 Å². The quantitative estimate of drug-likeness (QED) is 0.905. The van der Waals surface area contributed by atoms with Crippen LogP contribution in [0.4, 0.5) is 0 Å². The van der Waals surface area contributed by atoms with E-state index in [4.69, 9.17) is 9.47 Å². The van der Waals surface area contributed by atoms with Gasteiger partial charge < -0.3 is 14.8 Å².